The summed E-state index contributed by atoms with van der Waals surface area (Å²) in [6.07, 6.45) is 0.176. The van der Waals surface area contributed by atoms with Crippen LogP contribution in [0, 0.1) is 45.0 Å². The van der Waals surface area contributed by atoms with Crippen LogP contribution in [-0.2, 0) is 26.3 Å². The Bertz CT molecular complexity index is 3260. The average Bonchev–Trinajstić information content (AvgIpc) is 3.70. The third kappa shape index (κ3) is 8.89. The van der Waals surface area contributed by atoms with E-state index >= 15 is 0 Å². The van der Waals surface area contributed by atoms with Crippen molar-refractivity contribution in [1.29, 1.82) is 0 Å². The molecule has 8 aromatic rings. The molecule has 0 aliphatic heterocycles. The largest absolute Gasteiger partial charge is 0.500 e. The van der Waals surface area contributed by atoms with Crippen LogP contribution in [0.25, 0.3) is 66.7 Å². The average molecular weight is 991 g/mol. The van der Waals surface area contributed by atoms with E-state index in [4.69, 9.17) is 22.2 Å². The van der Waals surface area contributed by atoms with E-state index in [1.165, 1.54) is 48.7 Å². The van der Waals surface area contributed by atoms with Gasteiger partial charge in [0, 0.05) is 61.3 Å². The fraction of sp³-hybridized carbons (Fsp3) is 0.245. The number of aryl methyl sites for hydroxylation is 4. The van der Waals surface area contributed by atoms with Gasteiger partial charge in [-0.25, -0.2) is 0 Å². The summed E-state index contributed by atoms with van der Waals surface area (Å²) >= 11 is 0. The second-order valence-corrected chi connectivity index (χ2v) is 15.4. The van der Waals surface area contributed by atoms with Crippen LogP contribution in [0.2, 0.25) is 0 Å². The van der Waals surface area contributed by atoms with Crippen LogP contribution in [0.15, 0.2) is 126 Å². The Hall–Kier alpha value is -5.36. The monoisotopic (exact) mass is 991 g/mol. The molecule has 1 fully saturated rings. The Kier molecular flexibility index (Phi) is 8.15. The maximum atomic E-state index is 14.4. The molecule has 9 rings (SSSR count). The first-order valence-electron chi connectivity index (χ1n) is 26.0. The van der Waals surface area contributed by atoms with E-state index in [9.17, 15) is 14.5 Å². The minimum atomic E-state index is -4.69. The van der Waals surface area contributed by atoms with Crippen LogP contribution in [-0.4, -0.2) is 9.97 Å². The van der Waals surface area contributed by atoms with Gasteiger partial charge in [0.2, 0.25) is 0 Å². The molecule has 1 aliphatic carbocycles. The van der Waals surface area contributed by atoms with Crippen molar-refractivity contribution in [2.45, 2.75) is 79.0 Å². The molecule has 3 nitrogen and oxygen atoms in total. The van der Waals surface area contributed by atoms with Crippen LogP contribution in [0.4, 0.5) is 13.2 Å². The van der Waals surface area contributed by atoms with Gasteiger partial charge in [0.1, 0.15) is 5.58 Å². The van der Waals surface area contributed by atoms with Crippen molar-refractivity contribution in [2.75, 3.05) is 0 Å². The van der Waals surface area contributed by atoms with Gasteiger partial charge in [-0.15, -0.1) is 53.6 Å². The smallest absolute Gasteiger partial charge is 0.417 e. The molecule has 307 valence electrons. The van der Waals surface area contributed by atoms with Crippen LogP contribution in [0.1, 0.15) is 98.0 Å². The van der Waals surface area contributed by atoms with E-state index in [1.807, 2.05) is 0 Å². The van der Waals surface area contributed by atoms with Gasteiger partial charge in [-0.2, -0.15) is 13.2 Å². The molecule has 5 aromatic carbocycles. The maximum absolute atomic E-state index is 14.4. The third-order valence-electron chi connectivity index (χ3n) is 10.8. The number of rotatable bonds is 5. The van der Waals surface area contributed by atoms with Gasteiger partial charge in [-0.05, 0) is 114 Å². The number of aromatic nitrogens is 2. The number of furan rings is 1. The van der Waals surface area contributed by atoms with Crippen LogP contribution >= 0.6 is 0 Å². The number of halogens is 3. The zero-order chi connectivity index (χ0) is 53.3. The van der Waals surface area contributed by atoms with Gasteiger partial charge in [0.25, 0.3) is 0 Å². The zero-order valence-electron chi connectivity index (χ0n) is 46.6. The Morgan fingerprint density at radius 3 is 2.20 bits per heavy atom. The minimum Gasteiger partial charge on any atom is -0.500 e. The zero-order valence-corrected chi connectivity index (χ0v) is 35.0. The van der Waals surface area contributed by atoms with Gasteiger partial charge < -0.3 is 14.4 Å². The van der Waals surface area contributed by atoms with E-state index in [1.54, 1.807) is 54.6 Å². The van der Waals surface area contributed by atoms with Crippen molar-refractivity contribution < 1.29 is 56.9 Å². The molecule has 3 heterocycles. The van der Waals surface area contributed by atoms with Crippen molar-refractivity contribution in [1.82, 2.24) is 9.97 Å². The quantitative estimate of drug-likeness (QED) is 0.161. The summed E-state index contributed by atoms with van der Waals surface area (Å²) < 4.78 is 162. The molecular formula is C53H47F3IrN2O-2. The molecule has 0 atom stereocenters. The first kappa shape index (κ1) is 28.2. The fourth-order valence-corrected chi connectivity index (χ4v) is 7.50. The molecule has 0 spiro atoms. The van der Waals surface area contributed by atoms with E-state index in [0.717, 1.165) is 25.1 Å². The summed E-state index contributed by atoms with van der Waals surface area (Å²) in [4.78, 5) is 8.51. The Morgan fingerprint density at radius 1 is 0.767 bits per heavy atom. The van der Waals surface area contributed by atoms with Gasteiger partial charge in [0.05, 0.1) is 12.5 Å². The fourth-order valence-electron chi connectivity index (χ4n) is 7.50. The van der Waals surface area contributed by atoms with Gasteiger partial charge in [-0.1, -0.05) is 104 Å². The van der Waals surface area contributed by atoms with Crippen molar-refractivity contribution >= 4 is 21.9 Å². The number of nitrogens with zero attached hydrogens (tertiary/aromatic N) is 2. The maximum Gasteiger partial charge on any atom is 0.417 e. The molecule has 60 heavy (non-hydrogen) atoms. The summed E-state index contributed by atoms with van der Waals surface area (Å²) in [5.41, 5.74) is 0.989. The predicted octanol–water partition coefficient (Wildman–Crippen LogP) is 15.3. The van der Waals surface area contributed by atoms with Crippen molar-refractivity contribution in [3.8, 4) is 44.8 Å². The molecule has 3 aromatic heterocycles. The summed E-state index contributed by atoms with van der Waals surface area (Å²) in [5.74, 6) is -1.11. The summed E-state index contributed by atoms with van der Waals surface area (Å²) in [6.45, 7) is -5.63. The van der Waals surface area contributed by atoms with Gasteiger partial charge in [0.15, 0.2) is 0 Å². The molecule has 0 N–H and O–H groups in total. The summed E-state index contributed by atoms with van der Waals surface area (Å²) in [7, 11) is 0. The number of benzene rings is 5. The number of fused-ring (bicyclic) bond motifs is 3. The second kappa shape index (κ2) is 17.3. The number of alkyl halides is 3. The normalized spacial score (nSPS) is 18.9. The molecule has 1 aliphatic rings. The molecule has 1 radical (unpaired) electrons. The van der Waals surface area contributed by atoms with Crippen LogP contribution < -0.4 is 0 Å². The van der Waals surface area contributed by atoms with Crippen molar-refractivity contribution in [3.63, 3.8) is 0 Å². The topological polar surface area (TPSA) is 38.9 Å². The van der Waals surface area contributed by atoms with Crippen LogP contribution in [0.5, 0.6) is 0 Å². The van der Waals surface area contributed by atoms with Crippen LogP contribution in [0.3, 0.4) is 0 Å². The molecular weight excluding hydrogens is 930 g/mol. The minimum absolute atomic E-state index is 0. The van der Waals surface area contributed by atoms with E-state index in [2.05, 4.69) is 35.9 Å². The molecule has 7 heteroatoms. The van der Waals surface area contributed by atoms with E-state index < -0.39 is 45.0 Å². The third-order valence-corrected chi connectivity index (χ3v) is 10.8. The van der Waals surface area contributed by atoms with Gasteiger partial charge >= 0.3 is 6.18 Å². The Labute approximate surface area is 384 Å². The molecule has 0 saturated heterocycles. The Morgan fingerprint density at radius 2 is 1.52 bits per heavy atom. The molecule has 0 bridgehead atoms. The molecule has 0 unspecified atom stereocenters. The predicted molar refractivity (Wildman–Crippen MR) is 234 cm³/mol. The SMILES string of the molecule is [2H]C([2H])([2H])c1c[c-]c(-c2ccc(C([2H])([2H])[2H])cn2)cc1.[2H]c1cc(C2([2H])CCC(C)(C)CC2)cc(C([2H])([2H])[2H])c1-c1cc(-c2[c-]ccc3c2oc2c(-c4ccccc4)c(C(F)(F)F)ccc23)ncc1C([2H])([2H])[2H].[Ir]. The summed E-state index contributed by atoms with van der Waals surface area (Å²) in [6, 6.07) is 31.2. The van der Waals surface area contributed by atoms with E-state index in [0.29, 0.717) is 46.0 Å². The van der Waals surface area contributed by atoms with Crippen molar-refractivity contribution in [3.05, 3.63) is 167 Å². The first-order chi connectivity index (χ1) is 33.9. The number of hydrogen-bond donors (Lipinski definition) is 0. The Balaban J connectivity index is 0.000000320. The second-order valence-electron chi connectivity index (χ2n) is 15.4. The number of pyridine rings is 2. The van der Waals surface area contributed by atoms with E-state index in [-0.39, 0.29) is 92.9 Å². The van der Waals surface area contributed by atoms with Crippen molar-refractivity contribution in [2.24, 2.45) is 5.41 Å². The number of hydrogen-bond acceptors (Lipinski definition) is 3. The molecule has 0 amide bonds. The first-order valence-corrected chi connectivity index (χ1v) is 19.0. The molecule has 1 saturated carbocycles. The van der Waals surface area contributed by atoms with Gasteiger partial charge in [-0.3, -0.25) is 0 Å². The standard InChI is InChI=1S/C40H35F3NO.C13H12N.Ir/c1-24-21-28(26-17-19-39(3,4)20-18-26)13-14-29(24)33-22-35(44-23-25(33)2)32-12-8-11-30-31-15-16-34(40(41,42)43)36(38(31)45-37(30)32)27-9-6-5-7-10-27;1-10-3-6-12(7-4-10)13-8-5-11(2)9-14-13;/h5-11,13-16,21-23,26H,17-20H2,1-4H3;3-6,8-9H,1-2H3;/q2*-1;/i1D3,2D3,14D,26D;1D3,2D3;. The summed E-state index contributed by atoms with van der Waals surface area (Å²) in [5, 5.41) is 0.874.